The van der Waals surface area contributed by atoms with E-state index in [4.69, 9.17) is 0 Å². The summed E-state index contributed by atoms with van der Waals surface area (Å²) in [6.45, 7) is 11.0. The van der Waals surface area contributed by atoms with Crippen molar-refractivity contribution < 1.29 is 0 Å². The van der Waals surface area contributed by atoms with Crippen molar-refractivity contribution in [1.82, 2.24) is 0 Å². The van der Waals surface area contributed by atoms with Crippen LogP contribution in [0.1, 0.15) is 13.8 Å². The smallest absolute Gasteiger partial charge is 0.0879 e. The Balaban J connectivity index is 4.54. The van der Waals surface area contributed by atoms with E-state index in [0.717, 1.165) is 11.3 Å². The molecule has 0 aromatic rings. The zero-order valence-corrected chi connectivity index (χ0v) is 7.62. The standard InChI is InChI=1S/C10H14N2/c1-5-7-8-10(9(3)4)12-11-6-2/h5-8H,1,3H2,2,4H3/b8-7-,11-6+,12-10+. The molecule has 0 aromatic carbocycles. The molecular weight excluding hydrogens is 148 g/mol. The molecule has 0 atom stereocenters. The summed E-state index contributed by atoms with van der Waals surface area (Å²) in [4.78, 5) is 0. The van der Waals surface area contributed by atoms with Crippen LogP contribution in [0.5, 0.6) is 0 Å². The van der Waals surface area contributed by atoms with E-state index in [1.165, 1.54) is 0 Å². The van der Waals surface area contributed by atoms with Gasteiger partial charge in [-0.2, -0.15) is 10.2 Å². The Morgan fingerprint density at radius 2 is 2.08 bits per heavy atom. The predicted octanol–water partition coefficient (Wildman–Crippen LogP) is 2.75. The average Bonchev–Trinajstić information content (AvgIpc) is 2.04. The van der Waals surface area contributed by atoms with Crippen molar-refractivity contribution in [3.05, 3.63) is 37.0 Å². The molecule has 0 bridgehead atoms. The van der Waals surface area contributed by atoms with Crippen LogP contribution in [0, 0.1) is 0 Å². The van der Waals surface area contributed by atoms with E-state index in [1.54, 1.807) is 18.4 Å². The molecule has 0 heterocycles. The first-order valence-electron chi connectivity index (χ1n) is 3.73. The number of rotatable bonds is 4. The predicted molar refractivity (Wildman–Crippen MR) is 55.8 cm³/mol. The van der Waals surface area contributed by atoms with E-state index in [1.807, 2.05) is 19.9 Å². The lowest BCUT2D eigenvalue weighted by molar-refractivity contribution is 1.24. The Bertz CT molecular complexity index is 245. The molecule has 0 aliphatic rings. The third kappa shape index (κ3) is 4.39. The molecule has 64 valence electrons. The van der Waals surface area contributed by atoms with Crippen molar-refractivity contribution in [2.45, 2.75) is 13.8 Å². The number of hydrogen-bond donors (Lipinski definition) is 0. The van der Waals surface area contributed by atoms with E-state index in [2.05, 4.69) is 23.4 Å². The molecule has 0 aromatic heterocycles. The molecule has 0 saturated heterocycles. The summed E-state index contributed by atoms with van der Waals surface area (Å²) in [5.74, 6) is 0. The lowest BCUT2D eigenvalue weighted by atomic mass is 10.2. The van der Waals surface area contributed by atoms with Gasteiger partial charge >= 0.3 is 0 Å². The lowest BCUT2D eigenvalue weighted by Gasteiger charge is -1.94. The van der Waals surface area contributed by atoms with Gasteiger partial charge < -0.3 is 0 Å². The SMILES string of the molecule is C=C\C=C/C(=N\N=C\C)C(=C)C. The lowest BCUT2D eigenvalue weighted by Crippen LogP contribution is -1.92. The van der Waals surface area contributed by atoms with Crippen LogP contribution in [0.2, 0.25) is 0 Å². The summed E-state index contributed by atoms with van der Waals surface area (Å²) in [7, 11) is 0. The van der Waals surface area contributed by atoms with Gasteiger partial charge in [0.15, 0.2) is 0 Å². The van der Waals surface area contributed by atoms with Crippen molar-refractivity contribution in [1.29, 1.82) is 0 Å². The molecule has 0 saturated carbocycles. The van der Waals surface area contributed by atoms with Crippen molar-refractivity contribution in [3.63, 3.8) is 0 Å². The zero-order valence-electron chi connectivity index (χ0n) is 7.62. The van der Waals surface area contributed by atoms with Gasteiger partial charge in [-0.15, -0.1) is 0 Å². The normalized spacial score (nSPS) is 12.7. The van der Waals surface area contributed by atoms with Crippen molar-refractivity contribution in [3.8, 4) is 0 Å². The summed E-state index contributed by atoms with van der Waals surface area (Å²) in [6.07, 6.45) is 6.94. The average molecular weight is 162 g/mol. The third-order valence-electron chi connectivity index (χ3n) is 1.11. The molecule has 0 aliphatic carbocycles. The topological polar surface area (TPSA) is 24.7 Å². The zero-order chi connectivity index (χ0) is 9.40. The van der Waals surface area contributed by atoms with E-state index in [0.29, 0.717) is 0 Å². The van der Waals surface area contributed by atoms with Crippen LogP contribution in [0.4, 0.5) is 0 Å². The van der Waals surface area contributed by atoms with Gasteiger partial charge in [-0.25, -0.2) is 0 Å². The third-order valence-corrected chi connectivity index (χ3v) is 1.11. The highest BCUT2D eigenvalue weighted by molar-refractivity contribution is 6.07. The summed E-state index contributed by atoms with van der Waals surface area (Å²) < 4.78 is 0. The monoisotopic (exact) mass is 162 g/mol. The second-order valence-corrected chi connectivity index (χ2v) is 2.23. The Hall–Kier alpha value is -1.44. The fraction of sp³-hybridized carbons (Fsp3) is 0.200. The van der Waals surface area contributed by atoms with E-state index in [-0.39, 0.29) is 0 Å². The first-order valence-corrected chi connectivity index (χ1v) is 3.73. The van der Waals surface area contributed by atoms with E-state index in [9.17, 15) is 0 Å². The van der Waals surface area contributed by atoms with Crippen LogP contribution in [-0.4, -0.2) is 11.9 Å². The Labute approximate surface area is 73.7 Å². The Morgan fingerprint density at radius 3 is 2.50 bits per heavy atom. The van der Waals surface area contributed by atoms with Gasteiger partial charge in [0.05, 0.1) is 5.71 Å². The van der Waals surface area contributed by atoms with Gasteiger partial charge in [0, 0.05) is 6.21 Å². The maximum Gasteiger partial charge on any atom is 0.0879 e. The maximum atomic E-state index is 3.93. The van der Waals surface area contributed by atoms with Crippen LogP contribution < -0.4 is 0 Å². The van der Waals surface area contributed by atoms with E-state index >= 15 is 0 Å². The van der Waals surface area contributed by atoms with Gasteiger partial charge in [-0.3, -0.25) is 0 Å². The Kier molecular flexibility index (Phi) is 5.53. The van der Waals surface area contributed by atoms with Crippen LogP contribution in [0.3, 0.4) is 0 Å². The molecule has 0 unspecified atom stereocenters. The number of nitrogens with zero attached hydrogens (tertiary/aromatic N) is 2. The van der Waals surface area contributed by atoms with Crippen LogP contribution >= 0.6 is 0 Å². The fourth-order valence-corrected chi connectivity index (χ4v) is 0.540. The molecule has 2 nitrogen and oxygen atoms in total. The first-order chi connectivity index (χ1) is 5.72. The molecule has 0 N–H and O–H groups in total. The van der Waals surface area contributed by atoms with Crippen molar-refractivity contribution in [2.24, 2.45) is 10.2 Å². The second-order valence-electron chi connectivity index (χ2n) is 2.23. The Morgan fingerprint density at radius 1 is 1.42 bits per heavy atom. The van der Waals surface area contributed by atoms with Crippen molar-refractivity contribution in [2.75, 3.05) is 0 Å². The van der Waals surface area contributed by atoms with Crippen LogP contribution in [0.15, 0.2) is 47.2 Å². The minimum atomic E-state index is 0.771. The molecule has 0 aliphatic heterocycles. The van der Waals surface area contributed by atoms with Gasteiger partial charge in [0.2, 0.25) is 0 Å². The summed E-state index contributed by atoms with van der Waals surface area (Å²) in [6, 6.07) is 0. The summed E-state index contributed by atoms with van der Waals surface area (Å²) >= 11 is 0. The first kappa shape index (κ1) is 10.6. The number of allylic oxidation sites excluding steroid dienone is 4. The fourth-order valence-electron chi connectivity index (χ4n) is 0.540. The van der Waals surface area contributed by atoms with Gasteiger partial charge in [0.1, 0.15) is 0 Å². The molecule has 0 radical (unpaired) electrons. The summed E-state index contributed by atoms with van der Waals surface area (Å²) in [5, 5.41) is 7.69. The number of hydrogen-bond acceptors (Lipinski definition) is 2. The second kappa shape index (κ2) is 6.28. The molecule has 12 heavy (non-hydrogen) atoms. The highest BCUT2D eigenvalue weighted by Gasteiger charge is 1.91. The minimum absolute atomic E-state index is 0.771. The van der Waals surface area contributed by atoms with Gasteiger partial charge in [0.25, 0.3) is 0 Å². The molecule has 0 rings (SSSR count). The van der Waals surface area contributed by atoms with Crippen molar-refractivity contribution >= 4 is 11.9 Å². The molecule has 0 spiro atoms. The molecule has 0 amide bonds. The van der Waals surface area contributed by atoms with Gasteiger partial charge in [-0.1, -0.05) is 25.3 Å². The van der Waals surface area contributed by atoms with Crippen LogP contribution in [-0.2, 0) is 0 Å². The minimum Gasteiger partial charge on any atom is -0.163 e. The summed E-state index contributed by atoms with van der Waals surface area (Å²) in [5.41, 5.74) is 1.66. The molecule has 2 heteroatoms. The largest absolute Gasteiger partial charge is 0.163 e. The highest BCUT2D eigenvalue weighted by atomic mass is 15.2. The highest BCUT2D eigenvalue weighted by Crippen LogP contribution is 1.96. The van der Waals surface area contributed by atoms with E-state index < -0.39 is 0 Å². The maximum absolute atomic E-state index is 3.93. The van der Waals surface area contributed by atoms with Crippen LogP contribution in [0.25, 0.3) is 0 Å². The molecule has 0 fully saturated rings. The van der Waals surface area contributed by atoms with Gasteiger partial charge in [-0.05, 0) is 25.5 Å². The molecular formula is C10H14N2. The quantitative estimate of drug-likeness (QED) is 0.345.